The Bertz CT molecular complexity index is 376. The van der Waals surface area contributed by atoms with Crippen LogP contribution in [0.2, 0.25) is 0 Å². The summed E-state index contributed by atoms with van der Waals surface area (Å²) in [5.41, 5.74) is 0.859. The lowest BCUT2D eigenvalue weighted by molar-refractivity contribution is 0.100. The summed E-state index contributed by atoms with van der Waals surface area (Å²) in [6, 6.07) is 3.99. The first-order valence-corrected chi connectivity index (χ1v) is 3.93. The van der Waals surface area contributed by atoms with Crippen molar-refractivity contribution in [2.24, 2.45) is 4.99 Å². The Hall–Kier alpha value is -1.38. The maximum Gasteiger partial charge on any atom is 0.285 e. The largest absolute Gasteiger partial charge is 0.285 e. The number of rotatable bonds is 1. The van der Waals surface area contributed by atoms with Gasteiger partial charge in [-0.15, -0.1) is 0 Å². The van der Waals surface area contributed by atoms with Gasteiger partial charge in [0.25, 0.3) is 5.91 Å². The van der Waals surface area contributed by atoms with Crippen LogP contribution in [0.5, 0.6) is 0 Å². The molecule has 66 valence electrons. The first-order chi connectivity index (χ1) is 6.13. The molecule has 0 unspecified atom stereocenters. The molecule has 1 rings (SSSR count). The van der Waals surface area contributed by atoms with Crippen LogP contribution in [0.15, 0.2) is 23.2 Å². The smallest absolute Gasteiger partial charge is 0.266 e. The van der Waals surface area contributed by atoms with E-state index < -0.39 is 11.7 Å². The number of carbonyl (C=O) groups is 1. The monoisotopic (exact) mass is 195 g/mol. The summed E-state index contributed by atoms with van der Waals surface area (Å²) in [7, 11) is 0. The summed E-state index contributed by atoms with van der Waals surface area (Å²) in [6.45, 7) is 1.70. The van der Waals surface area contributed by atoms with E-state index in [9.17, 15) is 9.18 Å². The fourth-order valence-electron chi connectivity index (χ4n) is 0.966. The quantitative estimate of drug-likeness (QED) is 0.508. The molecular formula is C9H6FNOS. The van der Waals surface area contributed by atoms with Gasteiger partial charge in [-0.2, -0.15) is 4.99 Å². The Morgan fingerprint density at radius 2 is 2.23 bits per heavy atom. The summed E-state index contributed by atoms with van der Waals surface area (Å²) in [5, 5.41) is 1.94. The molecule has 0 aliphatic carbocycles. The van der Waals surface area contributed by atoms with Crippen molar-refractivity contribution >= 4 is 23.3 Å². The second-order valence-electron chi connectivity index (χ2n) is 2.53. The molecule has 0 aromatic heterocycles. The van der Waals surface area contributed by atoms with E-state index in [1.54, 1.807) is 13.0 Å². The lowest BCUT2D eigenvalue weighted by Gasteiger charge is -1.96. The molecule has 0 aliphatic heterocycles. The van der Waals surface area contributed by atoms with E-state index in [0.29, 0.717) is 5.56 Å². The fraction of sp³-hybridized carbons (Fsp3) is 0.111. The minimum atomic E-state index is -0.572. The maximum absolute atomic E-state index is 12.8. The first-order valence-electron chi connectivity index (χ1n) is 3.53. The molecule has 0 heterocycles. The summed E-state index contributed by atoms with van der Waals surface area (Å²) >= 11 is 4.26. The zero-order chi connectivity index (χ0) is 9.84. The predicted octanol–water partition coefficient (Wildman–Crippen LogP) is 2.38. The van der Waals surface area contributed by atoms with Gasteiger partial charge in [-0.1, -0.05) is 0 Å². The topological polar surface area (TPSA) is 29.4 Å². The third-order valence-corrected chi connectivity index (χ3v) is 1.53. The molecule has 0 atom stereocenters. The average molecular weight is 195 g/mol. The van der Waals surface area contributed by atoms with Crippen molar-refractivity contribution < 1.29 is 9.18 Å². The highest BCUT2D eigenvalue weighted by atomic mass is 32.1. The molecule has 0 radical (unpaired) electrons. The lowest BCUT2D eigenvalue weighted by Crippen LogP contribution is -1.95. The first kappa shape index (κ1) is 9.71. The SMILES string of the molecule is Cc1cc(F)cc(C(=O)N=C=S)c1. The minimum absolute atomic E-state index is 0.190. The molecule has 0 aliphatic rings. The Labute approximate surface area is 80.1 Å². The van der Waals surface area contributed by atoms with Gasteiger partial charge in [-0.05, 0) is 42.9 Å². The number of hydrogen-bond donors (Lipinski definition) is 0. The molecule has 1 aromatic rings. The van der Waals surface area contributed by atoms with Crippen molar-refractivity contribution in [3.05, 3.63) is 35.1 Å². The molecule has 0 N–H and O–H groups in total. The van der Waals surface area contributed by atoms with Crippen LogP contribution in [0.1, 0.15) is 15.9 Å². The summed E-state index contributed by atoms with van der Waals surface area (Å²) in [4.78, 5) is 14.3. The molecule has 2 nitrogen and oxygen atoms in total. The van der Waals surface area contributed by atoms with Crippen LogP contribution >= 0.6 is 12.2 Å². The maximum atomic E-state index is 12.8. The number of aliphatic imine (C=N–C) groups is 1. The van der Waals surface area contributed by atoms with Gasteiger partial charge >= 0.3 is 0 Å². The molecule has 4 heteroatoms. The van der Waals surface area contributed by atoms with Crippen LogP contribution in [-0.2, 0) is 0 Å². The highest BCUT2D eigenvalue weighted by Gasteiger charge is 2.05. The number of amides is 1. The summed E-state index contributed by atoms with van der Waals surface area (Å²) in [5.74, 6) is -1.03. The number of hydrogen-bond acceptors (Lipinski definition) is 2. The number of halogens is 1. The molecule has 0 bridgehead atoms. The average Bonchev–Trinajstić information content (AvgIpc) is 2.03. The lowest BCUT2D eigenvalue weighted by atomic mass is 10.1. The normalized spacial score (nSPS) is 9.08. The van der Waals surface area contributed by atoms with Crippen molar-refractivity contribution in [3.8, 4) is 0 Å². The Kier molecular flexibility index (Phi) is 3.01. The molecule has 13 heavy (non-hydrogen) atoms. The predicted molar refractivity (Wildman–Crippen MR) is 50.5 cm³/mol. The number of thiocarbonyl (C=S) groups is 1. The van der Waals surface area contributed by atoms with Gasteiger partial charge in [0, 0.05) is 5.56 Å². The van der Waals surface area contributed by atoms with Crippen molar-refractivity contribution in [2.45, 2.75) is 6.92 Å². The van der Waals surface area contributed by atoms with Crippen molar-refractivity contribution in [2.75, 3.05) is 0 Å². The van der Waals surface area contributed by atoms with Gasteiger partial charge in [0.05, 0.1) is 5.16 Å². The molecule has 1 aromatic carbocycles. The minimum Gasteiger partial charge on any atom is -0.266 e. The third-order valence-electron chi connectivity index (χ3n) is 1.44. The van der Waals surface area contributed by atoms with E-state index >= 15 is 0 Å². The Morgan fingerprint density at radius 1 is 1.54 bits per heavy atom. The van der Waals surface area contributed by atoms with Crippen molar-refractivity contribution in [1.82, 2.24) is 0 Å². The van der Waals surface area contributed by atoms with E-state index in [0.717, 1.165) is 6.07 Å². The van der Waals surface area contributed by atoms with Crippen LogP contribution in [-0.4, -0.2) is 11.1 Å². The molecular weight excluding hydrogens is 189 g/mol. The number of benzene rings is 1. The molecule has 1 amide bonds. The number of carbonyl (C=O) groups excluding carboxylic acids is 1. The van der Waals surface area contributed by atoms with Gasteiger partial charge in [0.1, 0.15) is 5.82 Å². The van der Waals surface area contributed by atoms with E-state index in [4.69, 9.17) is 0 Å². The fourth-order valence-corrected chi connectivity index (χ4v) is 1.05. The zero-order valence-electron chi connectivity index (χ0n) is 6.87. The molecule has 0 saturated carbocycles. The number of isothiocyanates is 1. The van der Waals surface area contributed by atoms with E-state index in [1.165, 1.54) is 6.07 Å². The summed E-state index contributed by atoms with van der Waals surface area (Å²) in [6.07, 6.45) is 0. The Morgan fingerprint density at radius 3 is 2.77 bits per heavy atom. The third kappa shape index (κ3) is 2.54. The second kappa shape index (κ2) is 4.03. The zero-order valence-corrected chi connectivity index (χ0v) is 7.69. The van der Waals surface area contributed by atoms with Crippen molar-refractivity contribution in [3.63, 3.8) is 0 Å². The van der Waals surface area contributed by atoms with Crippen molar-refractivity contribution in [1.29, 1.82) is 0 Å². The molecule has 0 saturated heterocycles. The highest BCUT2D eigenvalue weighted by Crippen LogP contribution is 2.09. The molecule has 0 fully saturated rings. The van der Waals surface area contributed by atoms with Gasteiger partial charge in [0.15, 0.2) is 0 Å². The Balaban J connectivity index is 3.15. The van der Waals surface area contributed by atoms with E-state index in [2.05, 4.69) is 17.2 Å². The number of nitrogens with zero attached hydrogens (tertiary/aromatic N) is 1. The highest BCUT2D eigenvalue weighted by molar-refractivity contribution is 7.78. The van der Waals surface area contributed by atoms with Crippen LogP contribution in [0.3, 0.4) is 0 Å². The van der Waals surface area contributed by atoms with Gasteiger partial charge in [0.2, 0.25) is 0 Å². The standard InChI is InChI=1S/C9H6FNOS/c1-6-2-7(4-8(10)3-6)9(12)11-5-13/h2-4H,1H3. The van der Waals surface area contributed by atoms with Gasteiger partial charge in [-0.3, -0.25) is 4.79 Å². The van der Waals surface area contributed by atoms with Crippen LogP contribution in [0, 0.1) is 12.7 Å². The second-order valence-corrected chi connectivity index (χ2v) is 2.71. The number of aryl methyl sites for hydroxylation is 1. The van der Waals surface area contributed by atoms with E-state index in [-0.39, 0.29) is 5.56 Å². The van der Waals surface area contributed by atoms with Crippen LogP contribution < -0.4 is 0 Å². The summed E-state index contributed by atoms with van der Waals surface area (Å²) < 4.78 is 12.8. The van der Waals surface area contributed by atoms with Crippen LogP contribution in [0.25, 0.3) is 0 Å². The molecule has 0 spiro atoms. The van der Waals surface area contributed by atoms with Crippen LogP contribution in [0.4, 0.5) is 4.39 Å². The van der Waals surface area contributed by atoms with Gasteiger partial charge in [-0.25, -0.2) is 4.39 Å². The van der Waals surface area contributed by atoms with E-state index in [1.807, 2.05) is 5.16 Å². The van der Waals surface area contributed by atoms with Gasteiger partial charge < -0.3 is 0 Å².